The number of benzene rings is 2. The van der Waals surface area contributed by atoms with Crippen molar-refractivity contribution in [1.29, 1.82) is 0 Å². The van der Waals surface area contributed by atoms with Crippen LogP contribution in [0.15, 0.2) is 18.2 Å². The molecule has 0 aliphatic carbocycles. The molecule has 0 aliphatic heterocycles. The summed E-state index contributed by atoms with van der Waals surface area (Å²) in [7, 11) is 1.35. The molecule has 0 aliphatic rings. The van der Waals surface area contributed by atoms with Crippen molar-refractivity contribution in [2.45, 2.75) is 32.5 Å². The van der Waals surface area contributed by atoms with Crippen LogP contribution in [0, 0.1) is 25.5 Å². The number of halogens is 5. The second-order valence-electron chi connectivity index (χ2n) is 6.30. The summed E-state index contributed by atoms with van der Waals surface area (Å²) in [6.07, 6.45) is -6.07. The molecule has 0 spiro atoms. The first kappa shape index (κ1) is 21.6. The number of alkyl halides is 3. The Balaban J connectivity index is 2.92. The summed E-state index contributed by atoms with van der Waals surface area (Å²) in [6, 6.07) is 1.66. The number of methoxy groups -OCH3 is 1. The number of nitrogens with two attached hydrogens (primary N) is 1. The monoisotopic (exact) mass is 403 g/mol. The van der Waals surface area contributed by atoms with E-state index in [1.165, 1.54) is 20.1 Å². The van der Waals surface area contributed by atoms with Crippen molar-refractivity contribution in [3.8, 4) is 16.9 Å². The average Bonchev–Trinajstić information content (AvgIpc) is 2.55. The fourth-order valence-electron chi connectivity index (χ4n) is 3.13. The molecule has 0 fully saturated rings. The highest BCUT2D eigenvalue weighted by Gasteiger charge is 2.39. The number of rotatable bonds is 5. The van der Waals surface area contributed by atoms with E-state index in [-0.39, 0.29) is 5.56 Å². The zero-order valence-corrected chi connectivity index (χ0v) is 15.2. The lowest BCUT2D eigenvalue weighted by atomic mass is 9.89. The Kier molecular flexibility index (Phi) is 5.98. The summed E-state index contributed by atoms with van der Waals surface area (Å²) in [6.45, 7) is 3.07. The molecule has 0 saturated carbocycles. The second kappa shape index (κ2) is 7.75. The maximum absolute atomic E-state index is 15.2. The summed E-state index contributed by atoms with van der Waals surface area (Å²) in [4.78, 5) is 10.9. The van der Waals surface area contributed by atoms with Gasteiger partial charge in [0.2, 0.25) is 0 Å². The molecule has 0 radical (unpaired) electrons. The van der Waals surface area contributed by atoms with Gasteiger partial charge in [-0.2, -0.15) is 13.2 Å². The highest BCUT2D eigenvalue weighted by atomic mass is 19.4. The molecule has 152 valence electrons. The van der Waals surface area contributed by atoms with E-state index in [1.807, 2.05) is 0 Å². The molecule has 0 saturated heterocycles. The Hall–Kier alpha value is -2.68. The SMILES string of the molecule is COc1ccc(C)c(-c2cc(C(F)(F)F)c(F)c([C@@H](N)CC(=O)O)c2F)c1C. The number of ether oxygens (including phenoxy) is 1. The third-order valence-corrected chi connectivity index (χ3v) is 4.42. The minimum atomic E-state index is -5.13. The van der Waals surface area contributed by atoms with E-state index >= 15 is 4.39 Å². The van der Waals surface area contributed by atoms with Gasteiger partial charge in [0.1, 0.15) is 17.4 Å². The van der Waals surface area contributed by atoms with Gasteiger partial charge in [-0.05, 0) is 42.7 Å². The number of aryl methyl sites for hydroxylation is 1. The second-order valence-corrected chi connectivity index (χ2v) is 6.30. The molecule has 1 atom stereocenters. The predicted octanol–water partition coefficient (Wildman–Crippen LogP) is 4.75. The van der Waals surface area contributed by atoms with E-state index in [0.717, 1.165) is 0 Å². The lowest BCUT2D eigenvalue weighted by Gasteiger charge is -2.21. The highest BCUT2D eigenvalue weighted by Crippen LogP contribution is 2.42. The standard InChI is InChI=1S/C19H18F5NO3/c1-8-4-5-13(28-3)9(2)15(8)10-6-11(19(22,23)24)18(21)16(17(10)20)12(25)7-14(26)27/h4-6,12H,7,25H2,1-3H3,(H,26,27)/t12-/m0/s1. The van der Waals surface area contributed by atoms with Gasteiger partial charge in [0.25, 0.3) is 0 Å². The van der Waals surface area contributed by atoms with Crippen LogP contribution in [0.25, 0.3) is 11.1 Å². The van der Waals surface area contributed by atoms with Crippen molar-refractivity contribution in [3.05, 3.63) is 52.1 Å². The predicted molar refractivity (Wildman–Crippen MR) is 92.0 cm³/mol. The average molecular weight is 403 g/mol. The molecule has 0 aromatic heterocycles. The molecule has 2 rings (SSSR count). The van der Waals surface area contributed by atoms with Crippen molar-refractivity contribution < 1.29 is 36.6 Å². The van der Waals surface area contributed by atoms with E-state index in [4.69, 9.17) is 15.6 Å². The van der Waals surface area contributed by atoms with Gasteiger partial charge in [-0.1, -0.05) is 6.07 Å². The van der Waals surface area contributed by atoms with Crippen molar-refractivity contribution >= 4 is 5.97 Å². The first-order valence-electron chi connectivity index (χ1n) is 8.11. The third-order valence-electron chi connectivity index (χ3n) is 4.42. The Morgan fingerprint density at radius 1 is 1.21 bits per heavy atom. The zero-order valence-electron chi connectivity index (χ0n) is 15.2. The van der Waals surface area contributed by atoms with Gasteiger partial charge < -0.3 is 15.6 Å². The van der Waals surface area contributed by atoms with Crippen LogP contribution in [0.5, 0.6) is 5.75 Å². The van der Waals surface area contributed by atoms with E-state index in [2.05, 4.69) is 0 Å². The van der Waals surface area contributed by atoms with Crippen LogP contribution in [-0.2, 0) is 11.0 Å². The van der Waals surface area contributed by atoms with Gasteiger partial charge in [-0.15, -0.1) is 0 Å². The summed E-state index contributed by atoms with van der Waals surface area (Å²) < 4.78 is 75.0. The third kappa shape index (κ3) is 3.94. The number of hydrogen-bond acceptors (Lipinski definition) is 3. The lowest BCUT2D eigenvalue weighted by molar-refractivity contribution is -0.140. The van der Waals surface area contributed by atoms with Crippen LogP contribution in [0.2, 0.25) is 0 Å². The zero-order chi connectivity index (χ0) is 21.4. The maximum atomic E-state index is 15.2. The van der Waals surface area contributed by atoms with E-state index in [9.17, 15) is 22.4 Å². The minimum absolute atomic E-state index is 0.0890. The molecule has 9 heteroatoms. The van der Waals surface area contributed by atoms with E-state index in [0.29, 0.717) is 22.9 Å². The molecule has 4 nitrogen and oxygen atoms in total. The quantitative estimate of drug-likeness (QED) is 0.707. The number of carbonyl (C=O) groups is 1. The Morgan fingerprint density at radius 3 is 2.32 bits per heavy atom. The fraction of sp³-hybridized carbons (Fsp3) is 0.316. The normalized spacial score (nSPS) is 12.8. The van der Waals surface area contributed by atoms with E-state index in [1.54, 1.807) is 13.0 Å². The number of aliphatic carboxylic acids is 1. The van der Waals surface area contributed by atoms with Crippen LogP contribution >= 0.6 is 0 Å². The summed E-state index contributed by atoms with van der Waals surface area (Å²) in [5.74, 6) is -4.45. The lowest BCUT2D eigenvalue weighted by Crippen LogP contribution is -2.21. The summed E-state index contributed by atoms with van der Waals surface area (Å²) in [5, 5.41) is 8.84. The van der Waals surface area contributed by atoms with Gasteiger partial charge >= 0.3 is 12.1 Å². The van der Waals surface area contributed by atoms with Crippen LogP contribution in [0.1, 0.15) is 34.7 Å². The Bertz CT molecular complexity index is 925. The highest BCUT2D eigenvalue weighted by molar-refractivity contribution is 5.76. The largest absolute Gasteiger partial charge is 0.496 e. The fourth-order valence-corrected chi connectivity index (χ4v) is 3.13. The smallest absolute Gasteiger partial charge is 0.419 e. The topological polar surface area (TPSA) is 72.5 Å². The van der Waals surface area contributed by atoms with Gasteiger partial charge in [0, 0.05) is 17.2 Å². The van der Waals surface area contributed by atoms with Crippen molar-refractivity contribution in [2.75, 3.05) is 7.11 Å². The molecule has 3 N–H and O–H groups in total. The van der Waals surface area contributed by atoms with Crippen LogP contribution in [-0.4, -0.2) is 18.2 Å². The molecule has 2 aromatic rings. The minimum Gasteiger partial charge on any atom is -0.496 e. The number of carboxylic acid groups (broad SMARTS) is 1. The molecular formula is C19H18F5NO3. The van der Waals surface area contributed by atoms with Crippen molar-refractivity contribution in [3.63, 3.8) is 0 Å². The van der Waals surface area contributed by atoms with E-state index < -0.39 is 52.9 Å². The number of carboxylic acids is 1. The molecule has 28 heavy (non-hydrogen) atoms. The summed E-state index contributed by atoms with van der Waals surface area (Å²) >= 11 is 0. The van der Waals surface area contributed by atoms with Gasteiger partial charge in [0.05, 0.1) is 19.1 Å². The number of hydrogen-bond donors (Lipinski definition) is 2. The van der Waals surface area contributed by atoms with Crippen molar-refractivity contribution in [1.82, 2.24) is 0 Å². The summed E-state index contributed by atoms with van der Waals surface area (Å²) in [5.41, 5.74) is 3.03. The maximum Gasteiger partial charge on any atom is 0.419 e. The molecule has 0 amide bonds. The van der Waals surface area contributed by atoms with Crippen LogP contribution in [0.3, 0.4) is 0 Å². The molecule has 0 unspecified atom stereocenters. The first-order chi connectivity index (χ1) is 12.9. The molecule has 0 heterocycles. The van der Waals surface area contributed by atoms with Gasteiger partial charge in [0.15, 0.2) is 0 Å². The Labute approximate surface area is 157 Å². The van der Waals surface area contributed by atoms with Crippen LogP contribution < -0.4 is 10.5 Å². The molecule has 2 aromatic carbocycles. The Morgan fingerprint density at radius 2 is 1.82 bits per heavy atom. The van der Waals surface area contributed by atoms with Gasteiger partial charge in [-0.25, -0.2) is 8.78 Å². The molecule has 0 bridgehead atoms. The molecular weight excluding hydrogens is 385 g/mol. The van der Waals surface area contributed by atoms with Crippen LogP contribution in [0.4, 0.5) is 22.0 Å². The first-order valence-corrected chi connectivity index (χ1v) is 8.11. The van der Waals surface area contributed by atoms with Gasteiger partial charge in [-0.3, -0.25) is 4.79 Å². The van der Waals surface area contributed by atoms with Crippen molar-refractivity contribution in [2.24, 2.45) is 5.73 Å².